The molecule has 0 saturated heterocycles. The van der Waals surface area contributed by atoms with E-state index in [0.29, 0.717) is 22.8 Å². The number of para-hydroxylation sites is 1. The number of rotatable bonds is 1. The average molecular weight is 470 g/mol. The number of imidazole rings is 1. The Hall–Kier alpha value is -4.03. The van der Waals surface area contributed by atoms with Crippen LogP contribution in [0.15, 0.2) is 95.3 Å². The first kappa shape index (κ1) is 21.8. The summed E-state index contributed by atoms with van der Waals surface area (Å²) < 4.78 is 16.3. The molecule has 2 aliphatic rings. The van der Waals surface area contributed by atoms with E-state index in [2.05, 4.69) is 20.3 Å². The maximum Gasteiger partial charge on any atom is 0.132 e. The highest BCUT2D eigenvalue weighted by atomic mass is 35.5. The van der Waals surface area contributed by atoms with Gasteiger partial charge in [0.1, 0.15) is 11.6 Å². The molecule has 3 aromatic carbocycles. The van der Waals surface area contributed by atoms with Gasteiger partial charge in [0.25, 0.3) is 0 Å². The van der Waals surface area contributed by atoms with Crippen LogP contribution in [0, 0.1) is 12.7 Å². The minimum Gasteiger partial charge on any atom is -0.360 e. The number of aromatic nitrogens is 2. The lowest BCUT2D eigenvalue weighted by molar-refractivity contribution is 0.625. The predicted octanol–water partition coefficient (Wildman–Crippen LogP) is 6.33. The summed E-state index contributed by atoms with van der Waals surface area (Å²) in [6.07, 6.45) is 7.20. The standard InChI is InChI=1S/C18H13ClFN3.C9H8N2/c1-11-21-9-13-10-22-18(14-4-2-3-5-16(14)20)15-8-12(19)6-7-17(15)23(11)13;1-2-4-9-8(3-1)7-10-5-6-11-9/h2-9H,10H2,1H3;1-7,11H. The summed E-state index contributed by atoms with van der Waals surface area (Å²) in [5.74, 6) is 0.576. The Morgan fingerprint density at radius 1 is 1.00 bits per heavy atom. The summed E-state index contributed by atoms with van der Waals surface area (Å²) in [6.45, 7) is 2.38. The monoisotopic (exact) mass is 469 g/mol. The van der Waals surface area contributed by atoms with E-state index in [1.54, 1.807) is 18.3 Å². The van der Waals surface area contributed by atoms with Crippen LogP contribution in [0.5, 0.6) is 0 Å². The highest BCUT2D eigenvalue weighted by molar-refractivity contribution is 6.31. The fourth-order valence-corrected chi connectivity index (χ4v) is 4.16. The number of aliphatic imine (C=N–C) groups is 2. The zero-order valence-corrected chi connectivity index (χ0v) is 19.2. The van der Waals surface area contributed by atoms with Gasteiger partial charge in [-0.05, 0) is 43.3 Å². The molecule has 0 bridgehead atoms. The zero-order valence-electron chi connectivity index (χ0n) is 18.4. The quantitative estimate of drug-likeness (QED) is 0.354. The van der Waals surface area contributed by atoms with E-state index in [0.717, 1.165) is 34.0 Å². The van der Waals surface area contributed by atoms with Crippen molar-refractivity contribution in [3.8, 4) is 5.69 Å². The van der Waals surface area contributed by atoms with E-state index in [1.165, 1.54) is 6.07 Å². The van der Waals surface area contributed by atoms with E-state index in [-0.39, 0.29) is 5.82 Å². The number of hydrogen-bond donors (Lipinski definition) is 1. The summed E-state index contributed by atoms with van der Waals surface area (Å²) in [5, 5.41) is 3.71. The molecule has 4 aromatic rings. The first-order valence-electron chi connectivity index (χ1n) is 10.8. The van der Waals surface area contributed by atoms with Gasteiger partial charge in [-0.25, -0.2) is 9.37 Å². The van der Waals surface area contributed by atoms with Crippen LogP contribution in [-0.4, -0.2) is 21.5 Å². The van der Waals surface area contributed by atoms with Gasteiger partial charge < -0.3 is 5.32 Å². The second kappa shape index (κ2) is 9.45. The molecule has 2 aliphatic heterocycles. The minimum absolute atomic E-state index is 0.293. The van der Waals surface area contributed by atoms with E-state index in [1.807, 2.05) is 78.6 Å². The van der Waals surface area contributed by atoms with Crippen molar-refractivity contribution in [3.63, 3.8) is 0 Å². The second-order valence-corrected chi connectivity index (χ2v) is 8.20. The molecule has 0 unspecified atom stereocenters. The van der Waals surface area contributed by atoms with Gasteiger partial charge in [0.05, 0.1) is 29.8 Å². The maximum absolute atomic E-state index is 14.3. The number of halogens is 2. The maximum atomic E-state index is 14.3. The number of nitrogens with one attached hydrogen (secondary N) is 1. The number of anilines is 1. The lowest BCUT2D eigenvalue weighted by atomic mass is 10.00. The fourth-order valence-electron chi connectivity index (χ4n) is 3.99. The molecule has 0 radical (unpaired) electrons. The van der Waals surface area contributed by atoms with Crippen molar-refractivity contribution in [1.29, 1.82) is 0 Å². The molecule has 34 heavy (non-hydrogen) atoms. The summed E-state index contributed by atoms with van der Waals surface area (Å²) in [4.78, 5) is 13.1. The molecule has 0 saturated carbocycles. The molecule has 0 atom stereocenters. The first-order valence-corrected chi connectivity index (χ1v) is 11.2. The van der Waals surface area contributed by atoms with Crippen molar-refractivity contribution in [2.24, 2.45) is 9.98 Å². The van der Waals surface area contributed by atoms with E-state index in [9.17, 15) is 4.39 Å². The molecular formula is C27H21ClFN5. The predicted molar refractivity (Wildman–Crippen MR) is 136 cm³/mol. The van der Waals surface area contributed by atoms with Gasteiger partial charge in [0.15, 0.2) is 0 Å². The summed E-state index contributed by atoms with van der Waals surface area (Å²) in [5.41, 5.74) is 6.01. The lowest BCUT2D eigenvalue weighted by Gasteiger charge is -2.14. The van der Waals surface area contributed by atoms with Gasteiger partial charge in [-0.2, -0.15) is 0 Å². The van der Waals surface area contributed by atoms with Crippen molar-refractivity contribution in [2.75, 3.05) is 5.32 Å². The molecular weight excluding hydrogens is 449 g/mol. The molecule has 1 N–H and O–H groups in total. The van der Waals surface area contributed by atoms with Gasteiger partial charge in [-0.1, -0.05) is 41.9 Å². The highest BCUT2D eigenvalue weighted by Crippen LogP contribution is 2.29. The number of benzene rings is 3. The Morgan fingerprint density at radius 2 is 1.82 bits per heavy atom. The van der Waals surface area contributed by atoms with Gasteiger partial charge in [-0.15, -0.1) is 0 Å². The third-order valence-electron chi connectivity index (χ3n) is 5.57. The van der Waals surface area contributed by atoms with Crippen LogP contribution in [0.3, 0.4) is 0 Å². The van der Waals surface area contributed by atoms with Crippen LogP contribution in [-0.2, 0) is 6.54 Å². The molecule has 0 spiro atoms. The molecule has 3 heterocycles. The number of fused-ring (bicyclic) bond motifs is 4. The molecule has 168 valence electrons. The van der Waals surface area contributed by atoms with Crippen LogP contribution < -0.4 is 5.32 Å². The molecule has 1 aromatic heterocycles. The van der Waals surface area contributed by atoms with Crippen LogP contribution in [0.25, 0.3) is 5.69 Å². The topological polar surface area (TPSA) is 54.6 Å². The second-order valence-electron chi connectivity index (χ2n) is 7.76. The summed E-state index contributed by atoms with van der Waals surface area (Å²) >= 11 is 6.19. The van der Waals surface area contributed by atoms with Crippen molar-refractivity contribution in [2.45, 2.75) is 13.5 Å². The number of aryl methyl sites for hydroxylation is 1. The highest BCUT2D eigenvalue weighted by Gasteiger charge is 2.22. The van der Waals surface area contributed by atoms with Gasteiger partial charge in [0.2, 0.25) is 0 Å². The van der Waals surface area contributed by atoms with Gasteiger partial charge in [0, 0.05) is 46.0 Å². The molecule has 0 fully saturated rings. The van der Waals surface area contributed by atoms with E-state index >= 15 is 0 Å². The lowest BCUT2D eigenvalue weighted by Crippen LogP contribution is -2.09. The van der Waals surface area contributed by atoms with Crippen LogP contribution in [0.2, 0.25) is 5.02 Å². The normalized spacial score (nSPS) is 13.2. The number of nitrogens with zero attached hydrogens (tertiary/aromatic N) is 4. The Bertz CT molecular complexity index is 1450. The van der Waals surface area contributed by atoms with Gasteiger partial charge in [-0.3, -0.25) is 14.6 Å². The molecule has 5 nitrogen and oxygen atoms in total. The van der Waals surface area contributed by atoms with Crippen molar-refractivity contribution >= 4 is 29.2 Å². The molecule has 6 rings (SSSR count). The molecule has 0 aliphatic carbocycles. The first-order chi connectivity index (χ1) is 16.6. The van der Waals surface area contributed by atoms with Crippen molar-refractivity contribution < 1.29 is 4.39 Å². The molecule has 0 amide bonds. The van der Waals surface area contributed by atoms with Crippen molar-refractivity contribution in [3.05, 3.63) is 124 Å². The van der Waals surface area contributed by atoms with Crippen LogP contribution >= 0.6 is 11.6 Å². The Morgan fingerprint density at radius 3 is 2.71 bits per heavy atom. The minimum atomic E-state index is -0.293. The molecule has 7 heteroatoms. The fraction of sp³-hybridized carbons (Fsp3) is 0.0741. The third kappa shape index (κ3) is 4.28. The van der Waals surface area contributed by atoms with E-state index in [4.69, 9.17) is 11.6 Å². The third-order valence-corrected chi connectivity index (χ3v) is 5.80. The van der Waals surface area contributed by atoms with E-state index < -0.39 is 0 Å². The Kier molecular flexibility index (Phi) is 6.06. The van der Waals surface area contributed by atoms with Gasteiger partial charge >= 0.3 is 0 Å². The SMILES string of the molecule is C1=CNc2ccccc2C=N1.Cc1ncc2n1-c1ccc(Cl)cc1C(c1ccccc1F)=NC2. The van der Waals surface area contributed by atoms with Crippen LogP contribution in [0.1, 0.15) is 28.2 Å². The Balaban J connectivity index is 0.000000183. The average Bonchev–Trinajstić information content (AvgIpc) is 3.01. The Labute approximate surface area is 202 Å². The van der Waals surface area contributed by atoms with Crippen molar-refractivity contribution in [1.82, 2.24) is 9.55 Å². The number of hydrogen-bond acceptors (Lipinski definition) is 4. The summed E-state index contributed by atoms with van der Waals surface area (Å²) in [6, 6.07) is 20.3. The zero-order chi connectivity index (χ0) is 23.5. The van der Waals surface area contributed by atoms with Crippen LogP contribution in [0.4, 0.5) is 10.1 Å². The smallest absolute Gasteiger partial charge is 0.132 e. The summed E-state index contributed by atoms with van der Waals surface area (Å²) in [7, 11) is 0. The largest absolute Gasteiger partial charge is 0.360 e.